The van der Waals surface area contributed by atoms with Gasteiger partial charge in [-0.15, -0.1) is 0 Å². The summed E-state index contributed by atoms with van der Waals surface area (Å²) >= 11 is 3.63. The van der Waals surface area contributed by atoms with E-state index in [-0.39, 0.29) is 5.75 Å². The molecular weight excluding hydrogens is 152 g/mol. The highest BCUT2D eigenvalue weighted by Crippen LogP contribution is 1.86. The molecule has 3 nitrogen and oxygen atoms in total. The van der Waals surface area contributed by atoms with Gasteiger partial charge in [-0.3, -0.25) is 4.79 Å². The van der Waals surface area contributed by atoms with Gasteiger partial charge in [0.2, 0.25) is 5.78 Å². The van der Waals surface area contributed by atoms with Crippen molar-refractivity contribution < 1.29 is 14.3 Å². The number of carbonyl (C=O) groups is 2. The minimum atomic E-state index is -0.781. The van der Waals surface area contributed by atoms with E-state index in [4.69, 9.17) is 0 Å². The molecular formula is C6H10O3S. The van der Waals surface area contributed by atoms with Crippen LogP contribution in [0.4, 0.5) is 0 Å². The molecule has 0 unspecified atom stereocenters. The first-order chi connectivity index (χ1) is 4.72. The molecule has 10 heavy (non-hydrogen) atoms. The third kappa shape index (κ3) is 3.50. The molecule has 0 heterocycles. The molecule has 0 aromatic heterocycles. The van der Waals surface area contributed by atoms with Crippen LogP contribution in [0.2, 0.25) is 0 Å². The molecule has 0 N–H and O–H groups in total. The lowest BCUT2D eigenvalue weighted by atomic mass is 10.4. The Labute approximate surface area is 65.2 Å². The molecule has 0 bridgehead atoms. The van der Waals surface area contributed by atoms with Gasteiger partial charge in [-0.25, -0.2) is 4.79 Å². The van der Waals surface area contributed by atoms with Crippen LogP contribution in [0.15, 0.2) is 0 Å². The van der Waals surface area contributed by atoms with Gasteiger partial charge in [-0.2, -0.15) is 12.6 Å². The summed E-state index contributed by atoms with van der Waals surface area (Å²) in [5, 5.41) is 0. The second kappa shape index (κ2) is 5.29. The van der Waals surface area contributed by atoms with Crippen molar-refractivity contribution >= 4 is 24.4 Å². The molecule has 0 radical (unpaired) electrons. The lowest BCUT2D eigenvalue weighted by molar-refractivity contribution is -0.152. The van der Waals surface area contributed by atoms with Gasteiger partial charge in [-0.05, 0) is 6.42 Å². The number of hydrogen-bond acceptors (Lipinski definition) is 4. The Morgan fingerprint density at radius 2 is 2.10 bits per heavy atom. The van der Waals surface area contributed by atoms with Crippen molar-refractivity contribution in [3.05, 3.63) is 0 Å². The number of Topliss-reactive ketones (excluding diaryl/α,β-unsaturated/α-hetero) is 1. The van der Waals surface area contributed by atoms with Crippen molar-refractivity contribution in [2.45, 2.75) is 13.3 Å². The van der Waals surface area contributed by atoms with E-state index in [0.29, 0.717) is 6.61 Å². The highest BCUT2D eigenvalue weighted by atomic mass is 32.1. The number of hydrogen-bond donors (Lipinski definition) is 1. The molecule has 0 amide bonds. The van der Waals surface area contributed by atoms with E-state index in [1.165, 1.54) is 0 Å². The summed E-state index contributed by atoms with van der Waals surface area (Å²) < 4.78 is 4.51. The second-order valence-corrected chi connectivity index (χ2v) is 2.03. The molecule has 0 aliphatic carbocycles. The van der Waals surface area contributed by atoms with Gasteiger partial charge in [0.05, 0.1) is 12.4 Å². The maximum Gasteiger partial charge on any atom is 0.375 e. The Kier molecular flexibility index (Phi) is 5.02. The SMILES string of the molecule is CCCOC(=O)C(=O)CS. The topological polar surface area (TPSA) is 43.4 Å². The number of ketones is 1. The van der Waals surface area contributed by atoms with Crippen molar-refractivity contribution in [1.29, 1.82) is 0 Å². The second-order valence-electron chi connectivity index (χ2n) is 1.72. The van der Waals surface area contributed by atoms with Crippen molar-refractivity contribution in [3.63, 3.8) is 0 Å². The van der Waals surface area contributed by atoms with Crippen LogP contribution < -0.4 is 0 Å². The lowest BCUT2D eigenvalue weighted by Crippen LogP contribution is -2.18. The summed E-state index contributed by atoms with van der Waals surface area (Å²) in [7, 11) is 0. The fourth-order valence-electron chi connectivity index (χ4n) is 0.340. The standard InChI is InChI=1S/C6H10O3S/c1-2-3-9-6(8)5(7)4-10/h10H,2-4H2,1H3. The number of rotatable bonds is 4. The maximum absolute atomic E-state index is 10.5. The van der Waals surface area contributed by atoms with Gasteiger partial charge >= 0.3 is 5.97 Å². The first kappa shape index (κ1) is 9.49. The molecule has 0 aliphatic rings. The lowest BCUT2D eigenvalue weighted by Gasteiger charge is -1.98. The predicted molar refractivity (Wildman–Crippen MR) is 40.1 cm³/mol. The maximum atomic E-state index is 10.5. The van der Waals surface area contributed by atoms with Gasteiger partial charge in [0.25, 0.3) is 0 Å². The molecule has 0 rings (SSSR count). The Balaban J connectivity index is 3.52. The summed E-state index contributed by atoms with van der Waals surface area (Å²) in [6.45, 7) is 2.16. The Morgan fingerprint density at radius 1 is 1.50 bits per heavy atom. The van der Waals surface area contributed by atoms with E-state index in [0.717, 1.165) is 6.42 Å². The Bertz CT molecular complexity index is 133. The number of carbonyl (C=O) groups excluding carboxylic acids is 2. The van der Waals surface area contributed by atoms with Gasteiger partial charge in [0, 0.05) is 0 Å². The van der Waals surface area contributed by atoms with Crippen LogP contribution in [0.3, 0.4) is 0 Å². The van der Waals surface area contributed by atoms with Crippen molar-refractivity contribution in [3.8, 4) is 0 Å². The molecule has 0 saturated heterocycles. The average molecular weight is 162 g/mol. The predicted octanol–water partition coefficient (Wildman–Crippen LogP) is 0.439. The van der Waals surface area contributed by atoms with Crippen LogP contribution in [0.5, 0.6) is 0 Å². The zero-order chi connectivity index (χ0) is 7.98. The Hall–Kier alpha value is -0.510. The summed E-state index contributed by atoms with van der Waals surface area (Å²) in [6, 6.07) is 0. The summed E-state index contributed by atoms with van der Waals surface area (Å²) in [5.41, 5.74) is 0. The van der Waals surface area contributed by atoms with Gasteiger partial charge in [0.15, 0.2) is 0 Å². The van der Waals surface area contributed by atoms with Gasteiger partial charge in [-0.1, -0.05) is 6.92 Å². The average Bonchev–Trinajstić information content (AvgIpc) is 1.98. The fourth-order valence-corrected chi connectivity index (χ4v) is 0.469. The van der Waals surface area contributed by atoms with Crippen molar-refractivity contribution in [1.82, 2.24) is 0 Å². The summed E-state index contributed by atoms with van der Waals surface area (Å²) in [6.07, 6.45) is 0.728. The zero-order valence-corrected chi connectivity index (χ0v) is 6.69. The third-order valence-corrected chi connectivity index (χ3v) is 1.10. The molecule has 0 saturated carbocycles. The van der Waals surface area contributed by atoms with Crippen LogP contribution in [-0.4, -0.2) is 24.1 Å². The zero-order valence-electron chi connectivity index (χ0n) is 5.79. The molecule has 0 fully saturated rings. The van der Waals surface area contributed by atoms with Crippen LogP contribution in [0.25, 0.3) is 0 Å². The van der Waals surface area contributed by atoms with Crippen LogP contribution in [0, 0.1) is 0 Å². The monoisotopic (exact) mass is 162 g/mol. The van der Waals surface area contributed by atoms with E-state index >= 15 is 0 Å². The van der Waals surface area contributed by atoms with Gasteiger partial charge < -0.3 is 4.74 Å². The normalized spacial score (nSPS) is 9.00. The minimum absolute atomic E-state index is 0.0808. The molecule has 0 aromatic rings. The van der Waals surface area contributed by atoms with E-state index in [1.807, 2.05) is 6.92 Å². The van der Waals surface area contributed by atoms with E-state index in [2.05, 4.69) is 17.4 Å². The number of esters is 1. The smallest absolute Gasteiger partial charge is 0.375 e. The quantitative estimate of drug-likeness (QED) is 0.370. The van der Waals surface area contributed by atoms with E-state index in [1.54, 1.807) is 0 Å². The van der Waals surface area contributed by atoms with Gasteiger partial charge in [0.1, 0.15) is 0 Å². The van der Waals surface area contributed by atoms with Crippen LogP contribution >= 0.6 is 12.6 Å². The van der Waals surface area contributed by atoms with E-state index in [9.17, 15) is 9.59 Å². The molecule has 0 spiro atoms. The Morgan fingerprint density at radius 3 is 2.50 bits per heavy atom. The first-order valence-electron chi connectivity index (χ1n) is 3.03. The molecule has 4 heteroatoms. The first-order valence-corrected chi connectivity index (χ1v) is 3.66. The van der Waals surface area contributed by atoms with E-state index < -0.39 is 11.8 Å². The molecule has 0 aromatic carbocycles. The highest BCUT2D eigenvalue weighted by Gasteiger charge is 2.11. The minimum Gasteiger partial charge on any atom is -0.460 e. The molecule has 0 aliphatic heterocycles. The number of thiol groups is 1. The summed E-state index contributed by atoms with van der Waals surface area (Å²) in [5.74, 6) is -1.45. The largest absolute Gasteiger partial charge is 0.460 e. The molecule has 0 atom stereocenters. The van der Waals surface area contributed by atoms with Crippen LogP contribution in [0.1, 0.15) is 13.3 Å². The molecule has 58 valence electrons. The summed E-state index contributed by atoms with van der Waals surface area (Å²) in [4.78, 5) is 21.0. The van der Waals surface area contributed by atoms with Crippen molar-refractivity contribution in [2.75, 3.05) is 12.4 Å². The third-order valence-electron chi connectivity index (χ3n) is 0.809. The van der Waals surface area contributed by atoms with Crippen LogP contribution in [-0.2, 0) is 14.3 Å². The fraction of sp³-hybridized carbons (Fsp3) is 0.667. The number of ether oxygens (including phenoxy) is 1. The highest BCUT2D eigenvalue weighted by molar-refractivity contribution is 7.81. The van der Waals surface area contributed by atoms with Crippen molar-refractivity contribution in [2.24, 2.45) is 0 Å².